The zero-order chi connectivity index (χ0) is 13.7. The second kappa shape index (κ2) is 6.72. The molecule has 1 saturated carbocycles. The van der Waals surface area contributed by atoms with Crippen LogP contribution in [0.2, 0.25) is 0 Å². The zero-order valence-corrected chi connectivity index (χ0v) is 12.8. The van der Waals surface area contributed by atoms with Crippen LogP contribution in [0.5, 0.6) is 0 Å². The number of aromatic nitrogens is 1. The van der Waals surface area contributed by atoms with Crippen LogP contribution in [-0.2, 0) is 6.54 Å². The van der Waals surface area contributed by atoms with Crippen LogP contribution < -0.4 is 5.32 Å². The van der Waals surface area contributed by atoms with E-state index in [-0.39, 0.29) is 5.01 Å². The summed E-state index contributed by atoms with van der Waals surface area (Å²) in [6.07, 6.45) is 8.75. The molecule has 1 fully saturated rings. The first-order valence-electron chi connectivity index (χ1n) is 6.59. The number of nitrogens with one attached hydrogen (secondary N) is 1. The van der Waals surface area contributed by atoms with Crippen molar-refractivity contribution in [1.29, 1.82) is 0 Å². The fourth-order valence-electron chi connectivity index (χ4n) is 2.55. The van der Waals surface area contributed by atoms with Crippen molar-refractivity contribution in [3.05, 3.63) is 16.1 Å². The van der Waals surface area contributed by atoms with Crippen LogP contribution in [0, 0.1) is 0 Å². The van der Waals surface area contributed by atoms with Crippen LogP contribution in [0.3, 0.4) is 0 Å². The minimum Gasteiger partial charge on any atom is -0.476 e. The molecular weight excluding hydrogens is 280 g/mol. The Morgan fingerprint density at radius 3 is 2.84 bits per heavy atom. The van der Waals surface area contributed by atoms with Crippen LogP contribution in [-0.4, -0.2) is 33.6 Å². The molecule has 4 nitrogen and oxygen atoms in total. The Hall–Kier alpha value is -0.590. The molecule has 0 spiro atoms. The lowest BCUT2D eigenvalue weighted by Gasteiger charge is -2.36. The summed E-state index contributed by atoms with van der Waals surface area (Å²) in [5.74, 6) is -0.941. The van der Waals surface area contributed by atoms with E-state index in [1.165, 1.54) is 43.4 Å². The van der Waals surface area contributed by atoms with Crippen LogP contribution in [0.15, 0.2) is 5.38 Å². The number of nitrogens with zero attached hydrogens (tertiary/aromatic N) is 1. The van der Waals surface area contributed by atoms with E-state index in [1.54, 1.807) is 0 Å². The van der Waals surface area contributed by atoms with Crippen LogP contribution in [0.1, 0.15) is 47.6 Å². The lowest BCUT2D eigenvalue weighted by molar-refractivity contribution is 0.0696. The highest BCUT2D eigenvalue weighted by Gasteiger charge is 2.30. The molecule has 0 amide bonds. The Labute approximate surface area is 122 Å². The van der Waals surface area contributed by atoms with Gasteiger partial charge in [0.05, 0.1) is 5.69 Å². The van der Waals surface area contributed by atoms with Gasteiger partial charge < -0.3 is 10.4 Å². The van der Waals surface area contributed by atoms with Gasteiger partial charge in [-0.3, -0.25) is 0 Å². The van der Waals surface area contributed by atoms with Gasteiger partial charge in [0.25, 0.3) is 0 Å². The fourth-order valence-corrected chi connectivity index (χ4v) is 4.15. The molecule has 0 unspecified atom stereocenters. The highest BCUT2D eigenvalue weighted by Crippen LogP contribution is 2.37. The Morgan fingerprint density at radius 1 is 1.53 bits per heavy atom. The Bertz CT molecular complexity index is 428. The van der Waals surface area contributed by atoms with E-state index in [2.05, 4.69) is 16.6 Å². The van der Waals surface area contributed by atoms with E-state index in [9.17, 15) is 4.79 Å². The number of hydrogen-bond acceptors (Lipinski definition) is 5. The summed E-state index contributed by atoms with van der Waals surface area (Å²) < 4.78 is 0.365. The van der Waals surface area contributed by atoms with Crippen LogP contribution in [0.25, 0.3) is 0 Å². The quantitative estimate of drug-likeness (QED) is 0.845. The second-order valence-corrected chi connectivity index (χ2v) is 7.13. The number of thiazole rings is 1. The molecule has 0 bridgehead atoms. The first-order valence-corrected chi connectivity index (χ1v) is 8.69. The standard InChI is InChI=1S/C13H20N2O2S2/c1-18-13(5-3-2-4-6-13)9-14-7-10-8-19-11(15-10)12(16)17/h8,14H,2-7,9H2,1H3,(H,16,17). The van der Waals surface area contributed by atoms with Crippen LogP contribution in [0.4, 0.5) is 0 Å². The van der Waals surface area contributed by atoms with Crippen molar-refractivity contribution in [2.75, 3.05) is 12.8 Å². The smallest absolute Gasteiger partial charge is 0.365 e. The van der Waals surface area contributed by atoms with E-state index in [0.717, 1.165) is 12.2 Å². The third-order valence-electron chi connectivity index (χ3n) is 3.69. The molecule has 0 aromatic carbocycles. The van der Waals surface area contributed by atoms with Crippen molar-refractivity contribution >= 4 is 29.1 Å². The molecule has 2 rings (SSSR count). The first kappa shape index (κ1) is 14.8. The highest BCUT2D eigenvalue weighted by atomic mass is 32.2. The summed E-state index contributed by atoms with van der Waals surface area (Å²) in [4.78, 5) is 14.8. The third-order valence-corrected chi connectivity index (χ3v) is 5.98. The number of carboxylic acid groups (broad SMARTS) is 1. The molecule has 1 aliphatic carbocycles. The van der Waals surface area contributed by atoms with Gasteiger partial charge in [-0.1, -0.05) is 19.3 Å². The summed E-state index contributed by atoms with van der Waals surface area (Å²) in [5.41, 5.74) is 0.828. The maximum atomic E-state index is 10.8. The minimum atomic E-state index is -0.941. The molecule has 19 heavy (non-hydrogen) atoms. The molecule has 0 radical (unpaired) electrons. The van der Waals surface area contributed by atoms with Gasteiger partial charge in [0, 0.05) is 23.2 Å². The molecule has 1 aromatic rings. The molecule has 1 heterocycles. The zero-order valence-electron chi connectivity index (χ0n) is 11.1. The van der Waals surface area contributed by atoms with E-state index in [0.29, 0.717) is 11.3 Å². The summed E-state index contributed by atoms with van der Waals surface area (Å²) >= 11 is 3.16. The fraction of sp³-hybridized carbons (Fsp3) is 0.692. The van der Waals surface area contributed by atoms with E-state index >= 15 is 0 Å². The molecule has 2 N–H and O–H groups in total. The Morgan fingerprint density at radius 2 is 2.26 bits per heavy atom. The minimum absolute atomic E-state index is 0.175. The molecule has 6 heteroatoms. The molecule has 0 saturated heterocycles. The highest BCUT2D eigenvalue weighted by molar-refractivity contribution is 8.00. The van der Waals surface area contributed by atoms with Gasteiger partial charge in [-0.05, 0) is 19.1 Å². The summed E-state index contributed by atoms with van der Waals surface area (Å²) in [7, 11) is 0. The third kappa shape index (κ3) is 3.94. The topological polar surface area (TPSA) is 62.2 Å². The monoisotopic (exact) mass is 300 g/mol. The van der Waals surface area contributed by atoms with E-state index in [4.69, 9.17) is 5.11 Å². The van der Waals surface area contributed by atoms with Gasteiger partial charge in [0.1, 0.15) is 0 Å². The molecule has 1 aromatic heterocycles. The number of carboxylic acids is 1. The number of aromatic carboxylic acids is 1. The number of rotatable bonds is 6. The molecular formula is C13H20N2O2S2. The summed E-state index contributed by atoms with van der Waals surface area (Å²) in [6, 6.07) is 0. The van der Waals surface area contributed by atoms with E-state index in [1.807, 2.05) is 17.1 Å². The number of thioether (sulfide) groups is 1. The second-order valence-electron chi connectivity index (χ2n) is 5.00. The Kier molecular flexibility index (Phi) is 5.24. The van der Waals surface area contributed by atoms with Gasteiger partial charge in [-0.25, -0.2) is 9.78 Å². The van der Waals surface area contributed by atoms with Crippen molar-refractivity contribution < 1.29 is 9.90 Å². The predicted molar refractivity (Wildman–Crippen MR) is 80.1 cm³/mol. The van der Waals surface area contributed by atoms with Crippen molar-refractivity contribution in [3.8, 4) is 0 Å². The first-order chi connectivity index (χ1) is 9.15. The SMILES string of the molecule is CSC1(CNCc2csc(C(=O)O)n2)CCCCC1. The summed E-state index contributed by atoms with van der Waals surface area (Å²) in [6.45, 7) is 1.64. The van der Waals surface area contributed by atoms with Gasteiger partial charge in [0.15, 0.2) is 0 Å². The average Bonchev–Trinajstić information content (AvgIpc) is 2.89. The van der Waals surface area contributed by atoms with Crippen molar-refractivity contribution in [2.24, 2.45) is 0 Å². The normalized spacial score (nSPS) is 18.4. The Balaban J connectivity index is 1.82. The lowest BCUT2D eigenvalue weighted by Crippen LogP contribution is -2.39. The van der Waals surface area contributed by atoms with Crippen molar-refractivity contribution in [1.82, 2.24) is 10.3 Å². The molecule has 1 aliphatic rings. The maximum absolute atomic E-state index is 10.8. The number of carbonyl (C=O) groups is 1. The number of hydrogen-bond donors (Lipinski definition) is 2. The largest absolute Gasteiger partial charge is 0.476 e. The molecule has 0 aliphatic heterocycles. The molecule has 106 valence electrons. The lowest BCUT2D eigenvalue weighted by atomic mass is 9.88. The molecule has 0 atom stereocenters. The van der Waals surface area contributed by atoms with Gasteiger partial charge >= 0.3 is 5.97 Å². The van der Waals surface area contributed by atoms with Crippen molar-refractivity contribution in [2.45, 2.75) is 43.4 Å². The van der Waals surface area contributed by atoms with Gasteiger partial charge in [-0.15, -0.1) is 11.3 Å². The van der Waals surface area contributed by atoms with Crippen molar-refractivity contribution in [3.63, 3.8) is 0 Å². The maximum Gasteiger partial charge on any atom is 0.365 e. The van der Waals surface area contributed by atoms with Crippen LogP contribution >= 0.6 is 23.1 Å². The van der Waals surface area contributed by atoms with Gasteiger partial charge in [-0.2, -0.15) is 11.8 Å². The van der Waals surface area contributed by atoms with Gasteiger partial charge in [0.2, 0.25) is 5.01 Å². The summed E-state index contributed by atoms with van der Waals surface area (Å²) in [5, 5.41) is 14.3. The average molecular weight is 300 g/mol. The van der Waals surface area contributed by atoms with E-state index < -0.39 is 5.97 Å². The predicted octanol–water partition coefficient (Wildman–Crippen LogP) is 3.00.